The molecule has 1 rings (SSSR count). The van der Waals surface area contributed by atoms with E-state index in [-0.39, 0.29) is 22.5 Å². The molecule has 0 unspecified atom stereocenters. The van der Waals surface area contributed by atoms with Crippen molar-refractivity contribution in [2.24, 2.45) is 0 Å². The molecule has 4 nitrogen and oxygen atoms in total. The van der Waals surface area contributed by atoms with Crippen LogP contribution in [0.3, 0.4) is 0 Å². The first kappa shape index (κ1) is 11.5. The maximum absolute atomic E-state index is 11.4. The second-order valence-electron chi connectivity index (χ2n) is 2.90. The van der Waals surface area contributed by atoms with Crippen molar-refractivity contribution in [3.63, 3.8) is 0 Å². The monoisotopic (exact) mass is 212 g/mol. The fourth-order valence-electron chi connectivity index (χ4n) is 0.997. The van der Waals surface area contributed by atoms with E-state index < -0.39 is 0 Å². The topological polar surface area (TPSA) is 73.9 Å². The Bertz CT molecular complexity index is 546. The van der Waals surface area contributed by atoms with Crippen molar-refractivity contribution in [1.82, 2.24) is 0 Å². The molecule has 0 saturated carbocycles. The van der Waals surface area contributed by atoms with Gasteiger partial charge in [-0.2, -0.15) is 10.5 Å². The summed E-state index contributed by atoms with van der Waals surface area (Å²) in [4.78, 5) is 11.4. The number of hydrogen-bond donors (Lipinski definition) is 0. The zero-order valence-corrected chi connectivity index (χ0v) is 8.60. The highest BCUT2D eigenvalue weighted by molar-refractivity contribution is 5.38. The van der Waals surface area contributed by atoms with Crippen molar-refractivity contribution in [1.29, 1.82) is 10.5 Å². The summed E-state index contributed by atoms with van der Waals surface area (Å²) in [6.45, 7) is 1.47. The molecule has 0 saturated heterocycles. The molecule has 1 aromatic carbocycles. The summed E-state index contributed by atoms with van der Waals surface area (Å²) in [6, 6.07) is 11.1. The SMILES string of the molecule is CC(Oc1cccccc1=O)=C(C#N)C#N. The molecule has 0 aliphatic heterocycles. The van der Waals surface area contributed by atoms with Gasteiger partial charge in [0.05, 0.1) is 0 Å². The Morgan fingerprint density at radius 1 is 1.19 bits per heavy atom. The van der Waals surface area contributed by atoms with Crippen LogP contribution in [0, 0.1) is 22.7 Å². The van der Waals surface area contributed by atoms with Crippen LogP contribution in [0.5, 0.6) is 5.75 Å². The molecular formula is C12H8N2O2. The molecule has 0 atom stereocenters. The normalized spacial score (nSPS) is 8.44. The summed E-state index contributed by atoms with van der Waals surface area (Å²) in [5.41, 5.74) is -0.453. The van der Waals surface area contributed by atoms with Gasteiger partial charge in [0.2, 0.25) is 5.43 Å². The third-order valence-electron chi connectivity index (χ3n) is 1.80. The summed E-state index contributed by atoms with van der Waals surface area (Å²) in [6.07, 6.45) is 0. The van der Waals surface area contributed by atoms with Crippen LogP contribution in [0.25, 0.3) is 0 Å². The predicted octanol–water partition coefficient (Wildman–Crippen LogP) is 1.75. The summed E-state index contributed by atoms with van der Waals surface area (Å²) in [5, 5.41) is 17.2. The molecule has 78 valence electrons. The Morgan fingerprint density at radius 2 is 1.81 bits per heavy atom. The second-order valence-corrected chi connectivity index (χ2v) is 2.90. The van der Waals surface area contributed by atoms with E-state index in [1.54, 1.807) is 30.3 Å². The minimum absolute atomic E-state index is 0.0884. The molecule has 0 spiro atoms. The third-order valence-corrected chi connectivity index (χ3v) is 1.80. The molecule has 0 radical (unpaired) electrons. The van der Waals surface area contributed by atoms with Crippen LogP contribution in [0.1, 0.15) is 6.92 Å². The van der Waals surface area contributed by atoms with Gasteiger partial charge in [0.15, 0.2) is 11.3 Å². The fraction of sp³-hybridized carbons (Fsp3) is 0.0833. The molecule has 0 bridgehead atoms. The molecule has 4 heteroatoms. The Kier molecular flexibility index (Phi) is 3.83. The number of nitriles is 2. The van der Waals surface area contributed by atoms with Gasteiger partial charge in [-0.15, -0.1) is 0 Å². The summed E-state index contributed by atoms with van der Waals surface area (Å²) in [5.74, 6) is 0.207. The van der Waals surface area contributed by atoms with Crippen molar-refractivity contribution in [3.8, 4) is 17.9 Å². The van der Waals surface area contributed by atoms with Gasteiger partial charge in [0, 0.05) is 0 Å². The van der Waals surface area contributed by atoms with Gasteiger partial charge in [-0.05, 0) is 19.1 Å². The lowest BCUT2D eigenvalue weighted by molar-refractivity contribution is 0.422. The Balaban J connectivity index is 3.15. The second kappa shape index (κ2) is 5.33. The van der Waals surface area contributed by atoms with Crippen molar-refractivity contribution in [2.45, 2.75) is 6.92 Å². The van der Waals surface area contributed by atoms with Gasteiger partial charge in [0.25, 0.3) is 0 Å². The summed E-state index contributed by atoms with van der Waals surface area (Å²) < 4.78 is 5.17. The van der Waals surface area contributed by atoms with E-state index in [1.807, 2.05) is 0 Å². The van der Waals surface area contributed by atoms with Crippen LogP contribution < -0.4 is 10.2 Å². The zero-order chi connectivity index (χ0) is 12.0. The van der Waals surface area contributed by atoms with Gasteiger partial charge in [-0.1, -0.05) is 18.2 Å². The van der Waals surface area contributed by atoms with Crippen LogP contribution >= 0.6 is 0 Å². The quantitative estimate of drug-likeness (QED) is 0.552. The maximum Gasteiger partial charge on any atom is 0.220 e. The Labute approximate surface area is 92.6 Å². The molecule has 16 heavy (non-hydrogen) atoms. The van der Waals surface area contributed by atoms with Gasteiger partial charge in [-0.3, -0.25) is 4.79 Å². The lowest BCUT2D eigenvalue weighted by atomic mass is 10.3. The fourth-order valence-corrected chi connectivity index (χ4v) is 0.997. The van der Waals surface area contributed by atoms with Gasteiger partial charge in [-0.25, -0.2) is 0 Å². The molecule has 0 heterocycles. The molecule has 1 aromatic rings. The molecular weight excluding hydrogens is 204 g/mol. The van der Waals surface area contributed by atoms with E-state index in [4.69, 9.17) is 15.3 Å². The highest BCUT2D eigenvalue weighted by atomic mass is 16.5. The van der Waals surface area contributed by atoms with Crippen LogP contribution in [-0.4, -0.2) is 0 Å². The number of allylic oxidation sites excluding steroid dienone is 2. The number of hydrogen-bond acceptors (Lipinski definition) is 4. The molecule has 0 aliphatic carbocycles. The first-order valence-electron chi connectivity index (χ1n) is 4.47. The van der Waals surface area contributed by atoms with Crippen LogP contribution in [0.15, 0.2) is 46.5 Å². The molecule has 0 fully saturated rings. The molecule has 0 aliphatic rings. The van der Waals surface area contributed by atoms with E-state index in [1.165, 1.54) is 19.1 Å². The number of nitrogens with zero attached hydrogens (tertiary/aromatic N) is 2. The van der Waals surface area contributed by atoms with Gasteiger partial charge < -0.3 is 4.74 Å². The van der Waals surface area contributed by atoms with Gasteiger partial charge in [0.1, 0.15) is 17.9 Å². The van der Waals surface area contributed by atoms with E-state index in [0.29, 0.717) is 0 Å². The summed E-state index contributed by atoms with van der Waals surface area (Å²) in [7, 11) is 0. The molecule has 0 N–H and O–H groups in total. The van der Waals surface area contributed by atoms with Crippen LogP contribution in [-0.2, 0) is 0 Å². The zero-order valence-electron chi connectivity index (χ0n) is 8.60. The first-order chi connectivity index (χ1) is 7.69. The van der Waals surface area contributed by atoms with E-state index in [2.05, 4.69) is 0 Å². The minimum Gasteiger partial charge on any atom is -0.456 e. The minimum atomic E-state index is -0.306. The van der Waals surface area contributed by atoms with E-state index in [9.17, 15) is 4.79 Å². The number of rotatable bonds is 2. The smallest absolute Gasteiger partial charge is 0.220 e. The predicted molar refractivity (Wildman–Crippen MR) is 57.3 cm³/mol. The van der Waals surface area contributed by atoms with Gasteiger partial charge >= 0.3 is 0 Å². The highest BCUT2D eigenvalue weighted by Crippen LogP contribution is 2.09. The Hall–Kier alpha value is -2.59. The van der Waals surface area contributed by atoms with E-state index >= 15 is 0 Å². The van der Waals surface area contributed by atoms with Crippen molar-refractivity contribution in [3.05, 3.63) is 51.9 Å². The average Bonchev–Trinajstić information content (AvgIpc) is 2.46. The average molecular weight is 212 g/mol. The van der Waals surface area contributed by atoms with Crippen LogP contribution in [0.4, 0.5) is 0 Å². The third kappa shape index (κ3) is 2.70. The van der Waals surface area contributed by atoms with Crippen LogP contribution in [0.2, 0.25) is 0 Å². The largest absolute Gasteiger partial charge is 0.456 e. The standard InChI is InChI=1S/C12H8N2O2/c1-9(10(7-13)8-14)16-12-6-4-2-3-5-11(12)15/h2-6H,1H3. The lowest BCUT2D eigenvalue weighted by Crippen LogP contribution is -2.04. The maximum atomic E-state index is 11.4. The lowest BCUT2D eigenvalue weighted by Gasteiger charge is -2.02. The molecule has 0 aromatic heterocycles. The highest BCUT2D eigenvalue weighted by Gasteiger charge is 2.04. The van der Waals surface area contributed by atoms with Crippen molar-refractivity contribution in [2.75, 3.05) is 0 Å². The van der Waals surface area contributed by atoms with E-state index in [0.717, 1.165) is 0 Å². The van der Waals surface area contributed by atoms with Crippen molar-refractivity contribution >= 4 is 0 Å². The molecule has 0 amide bonds. The Morgan fingerprint density at radius 3 is 2.44 bits per heavy atom. The first-order valence-corrected chi connectivity index (χ1v) is 4.47. The number of ether oxygens (including phenoxy) is 1. The summed E-state index contributed by atoms with van der Waals surface area (Å²) >= 11 is 0. The van der Waals surface area contributed by atoms with Crippen molar-refractivity contribution < 1.29 is 4.74 Å².